The Kier molecular flexibility index (Phi) is 4.24. The molecule has 1 aliphatic heterocycles. The summed E-state index contributed by atoms with van der Waals surface area (Å²) in [5.74, 6) is 2.86. The average molecular weight is 331 g/mol. The van der Waals surface area contributed by atoms with E-state index in [4.69, 9.17) is 9.97 Å². The van der Waals surface area contributed by atoms with Crippen molar-refractivity contribution >= 4 is 27.4 Å². The molecule has 124 valence electrons. The van der Waals surface area contributed by atoms with Crippen LogP contribution in [0.15, 0.2) is 0 Å². The van der Waals surface area contributed by atoms with Crippen LogP contribution in [0.5, 0.6) is 0 Å². The number of piperazine rings is 1. The Bertz CT molecular complexity index is 697. The second kappa shape index (κ2) is 6.36. The van der Waals surface area contributed by atoms with Gasteiger partial charge in [-0.3, -0.25) is 0 Å². The number of thiophene rings is 1. The number of rotatable bonds is 2. The molecule has 23 heavy (non-hydrogen) atoms. The van der Waals surface area contributed by atoms with Crippen LogP contribution in [-0.4, -0.2) is 36.1 Å². The zero-order chi connectivity index (χ0) is 15.8. The standard InChI is InChI=1S/C18H26N4S/c1-12-13(2)23-18-15(12)17(22-10-8-19-9-11-22)20-16(21-18)14-6-4-3-5-7-14/h14,19H,3-11H2,1-2H3. The van der Waals surface area contributed by atoms with E-state index in [0.29, 0.717) is 5.92 Å². The Morgan fingerprint density at radius 3 is 2.52 bits per heavy atom. The van der Waals surface area contributed by atoms with Crippen LogP contribution in [0, 0.1) is 13.8 Å². The number of aryl methyl sites for hydroxylation is 2. The molecule has 3 heterocycles. The van der Waals surface area contributed by atoms with Crippen LogP contribution in [0.1, 0.15) is 54.3 Å². The third-order valence-electron chi connectivity index (χ3n) is 5.41. The summed E-state index contributed by atoms with van der Waals surface area (Å²) in [5, 5.41) is 4.75. The minimum Gasteiger partial charge on any atom is -0.353 e. The van der Waals surface area contributed by atoms with Gasteiger partial charge in [-0.1, -0.05) is 19.3 Å². The molecule has 0 spiro atoms. The lowest BCUT2D eigenvalue weighted by atomic mass is 9.88. The van der Waals surface area contributed by atoms with Crippen molar-refractivity contribution in [1.82, 2.24) is 15.3 Å². The molecular weight excluding hydrogens is 304 g/mol. The molecule has 4 nitrogen and oxygen atoms in total. The number of hydrogen-bond acceptors (Lipinski definition) is 5. The predicted molar refractivity (Wildman–Crippen MR) is 97.8 cm³/mol. The summed E-state index contributed by atoms with van der Waals surface area (Å²) in [7, 11) is 0. The number of hydrogen-bond donors (Lipinski definition) is 1. The quantitative estimate of drug-likeness (QED) is 0.910. The molecule has 2 aliphatic rings. The normalized spacial score (nSPS) is 20.3. The van der Waals surface area contributed by atoms with Crippen molar-refractivity contribution < 1.29 is 0 Å². The molecule has 4 rings (SSSR count). The molecule has 2 aromatic heterocycles. The van der Waals surface area contributed by atoms with Crippen molar-refractivity contribution in [2.75, 3.05) is 31.1 Å². The van der Waals surface area contributed by atoms with Crippen LogP contribution in [0.3, 0.4) is 0 Å². The molecule has 0 radical (unpaired) electrons. The van der Waals surface area contributed by atoms with E-state index in [0.717, 1.165) is 32.0 Å². The molecule has 2 fully saturated rings. The molecule has 1 saturated carbocycles. The van der Waals surface area contributed by atoms with Crippen molar-refractivity contribution in [3.8, 4) is 0 Å². The number of nitrogens with one attached hydrogen (secondary N) is 1. The van der Waals surface area contributed by atoms with Gasteiger partial charge in [-0.2, -0.15) is 0 Å². The highest BCUT2D eigenvalue weighted by molar-refractivity contribution is 7.18. The van der Waals surface area contributed by atoms with E-state index in [9.17, 15) is 0 Å². The molecule has 0 amide bonds. The molecular formula is C18H26N4S. The fourth-order valence-corrected chi connectivity index (χ4v) is 4.92. The highest BCUT2D eigenvalue weighted by Gasteiger charge is 2.24. The first-order chi connectivity index (χ1) is 11.2. The van der Waals surface area contributed by atoms with Gasteiger partial charge >= 0.3 is 0 Å². The zero-order valence-electron chi connectivity index (χ0n) is 14.2. The summed E-state index contributed by atoms with van der Waals surface area (Å²) in [6.45, 7) is 8.63. The molecule has 0 atom stereocenters. The Morgan fingerprint density at radius 1 is 1.04 bits per heavy atom. The van der Waals surface area contributed by atoms with Gasteiger partial charge in [-0.05, 0) is 32.3 Å². The van der Waals surface area contributed by atoms with Gasteiger partial charge in [0.25, 0.3) is 0 Å². The topological polar surface area (TPSA) is 41.1 Å². The maximum Gasteiger partial charge on any atom is 0.141 e. The lowest BCUT2D eigenvalue weighted by Gasteiger charge is -2.30. The molecule has 1 N–H and O–H groups in total. The smallest absolute Gasteiger partial charge is 0.141 e. The maximum absolute atomic E-state index is 5.12. The van der Waals surface area contributed by atoms with E-state index in [1.165, 1.54) is 58.6 Å². The summed E-state index contributed by atoms with van der Waals surface area (Å²) in [6, 6.07) is 0. The third-order valence-corrected chi connectivity index (χ3v) is 6.51. The first-order valence-corrected chi connectivity index (χ1v) is 9.79. The van der Waals surface area contributed by atoms with Crippen molar-refractivity contribution in [1.29, 1.82) is 0 Å². The van der Waals surface area contributed by atoms with Crippen molar-refractivity contribution in [2.45, 2.75) is 51.9 Å². The van der Waals surface area contributed by atoms with E-state index < -0.39 is 0 Å². The summed E-state index contributed by atoms with van der Waals surface area (Å²) in [4.78, 5) is 15.2. The van der Waals surface area contributed by atoms with E-state index in [1.807, 2.05) is 11.3 Å². The Hall–Kier alpha value is -1.20. The highest BCUT2D eigenvalue weighted by atomic mass is 32.1. The Labute approximate surface area is 142 Å². The predicted octanol–water partition coefficient (Wildman–Crippen LogP) is 3.77. The van der Waals surface area contributed by atoms with Gasteiger partial charge in [0.15, 0.2) is 0 Å². The van der Waals surface area contributed by atoms with Gasteiger partial charge in [0.1, 0.15) is 16.5 Å². The summed E-state index contributed by atoms with van der Waals surface area (Å²) in [5.41, 5.74) is 1.37. The van der Waals surface area contributed by atoms with E-state index in [1.54, 1.807) is 0 Å². The monoisotopic (exact) mass is 330 g/mol. The lowest BCUT2D eigenvalue weighted by Crippen LogP contribution is -2.44. The molecule has 0 bridgehead atoms. The van der Waals surface area contributed by atoms with Gasteiger partial charge in [0, 0.05) is 37.0 Å². The first-order valence-electron chi connectivity index (χ1n) is 8.97. The minimum atomic E-state index is 0.567. The van der Waals surface area contributed by atoms with Crippen molar-refractivity contribution in [3.05, 3.63) is 16.3 Å². The van der Waals surface area contributed by atoms with Crippen LogP contribution in [0.4, 0.5) is 5.82 Å². The van der Waals surface area contributed by atoms with Crippen LogP contribution in [0.2, 0.25) is 0 Å². The van der Waals surface area contributed by atoms with E-state index >= 15 is 0 Å². The van der Waals surface area contributed by atoms with E-state index in [-0.39, 0.29) is 0 Å². The number of fused-ring (bicyclic) bond motifs is 1. The van der Waals surface area contributed by atoms with Gasteiger partial charge in [0.05, 0.1) is 5.39 Å². The van der Waals surface area contributed by atoms with Crippen molar-refractivity contribution in [3.63, 3.8) is 0 Å². The molecule has 1 aliphatic carbocycles. The fraction of sp³-hybridized carbons (Fsp3) is 0.667. The first kappa shape index (κ1) is 15.3. The summed E-state index contributed by atoms with van der Waals surface area (Å²) >= 11 is 1.84. The largest absolute Gasteiger partial charge is 0.353 e. The van der Waals surface area contributed by atoms with Gasteiger partial charge in [0.2, 0.25) is 0 Å². The molecule has 0 unspecified atom stereocenters. The van der Waals surface area contributed by atoms with Gasteiger partial charge < -0.3 is 10.2 Å². The average Bonchev–Trinajstić information content (AvgIpc) is 2.90. The molecule has 1 saturated heterocycles. The van der Waals surface area contributed by atoms with Crippen LogP contribution in [-0.2, 0) is 0 Å². The van der Waals surface area contributed by atoms with Crippen LogP contribution in [0.25, 0.3) is 10.2 Å². The SMILES string of the molecule is Cc1sc2nc(C3CCCCC3)nc(N3CCNCC3)c2c1C. The third kappa shape index (κ3) is 2.85. The van der Waals surface area contributed by atoms with Crippen molar-refractivity contribution in [2.24, 2.45) is 0 Å². The highest BCUT2D eigenvalue weighted by Crippen LogP contribution is 2.38. The molecule has 5 heteroatoms. The van der Waals surface area contributed by atoms with Crippen LogP contribution >= 0.6 is 11.3 Å². The van der Waals surface area contributed by atoms with Crippen LogP contribution < -0.4 is 10.2 Å². The fourth-order valence-electron chi connectivity index (χ4n) is 3.89. The second-order valence-corrected chi connectivity index (χ2v) is 8.14. The lowest BCUT2D eigenvalue weighted by molar-refractivity contribution is 0.429. The Balaban J connectivity index is 1.82. The summed E-state index contributed by atoms with van der Waals surface area (Å²) < 4.78 is 0. The minimum absolute atomic E-state index is 0.567. The van der Waals surface area contributed by atoms with Gasteiger partial charge in [-0.15, -0.1) is 11.3 Å². The number of anilines is 1. The zero-order valence-corrected chi connectivity index (χ0v) is 15.0. The second-order valence-electron chi connectivity index (χ2n) is 6.94. The molecule has 0 aromatic carbocycles. The number of nitrogens with zero attached hydrogens (tertiary/aromatic N) is 3. The number of aromatic nitrogens is 2. The summed E-state index contributed by atoms with van der Waals surface area (Å²) in [6.07, 6.45) is 6.56. The Morgan fingerprint density at radius 2 is 1.78 bits per heavy atom. The van der Waals surface area contributed by atoms with Gasteiger partial charge in [-0.25, -0.2) is 9.97 Å². The van der Waals surface area contributed by atoms with E-state index in [2.05, 4.69) is 24.1 Å². The molecule has 2 aromatic rings. The maximum atomic E-state index is 5.12.